The van der Waals surface area contributed by atoms with E-state index in [0.717, 1.165) is 37.1 Å². The third-order valence-corrected chi connectivity index (χ3v) is 6.09. The van der Waals surface area contributed by atoms with Crippen molar-refractivity contribution in [2.75, 3.05) is 7.05 Å². The normalized spacial score (nSPS) is 14.9. The van der Waals surface area contributed by atoms with Gasteiger partial charge in [0.15, 0.2) is 11.5 Å². The lowest BCUT2D eigenvalue weighted by molar-refractivity contribution is -0.124. The molecule has 1 unspecified atom stereocenters. The van der Waals surface area contributed by atoms with Crippen LogP contribution in [0.5, 0.6) is 5.75 Å². The predicted octanol–water partition coefficient (Wildman–Crippen LogP) is 4.05. The van der Waals surface area contributed by atoms with Crippen LogP contribution >= 0.6 is 0 Å². The Bertz CT molecular complexity index is 1120. The highest BCUT2D eigenvalue weighted by Crippen LogP contribution is 2.27. The SMILES string of the molecule is CNC(=O)C(NC(=O)c1ccc(-c2ccc(OCc3cccc(C)n3)cn2)o1)C1CCCCC1. The van der Waals surface area contributed by atoms with E-state index in [9.17, 15) is 9.59 Å². The number of furan rings is 1. The standard InChI is InChI=1S/C26H30N4O4/c1-17-7-6-10-19(29-17)16-33-20-11-12-21(28-15-20)22-13-14-23(34-22)25(31)30-24(26(32)27-2)18-8-4-3-5-9-18/h6-7,10-15,18,24H,3-5,8-9,16H2,1-2H3,(H,27,32)(H,30,31). The van der Waals surface area contributed by atoms with Crippen molar-refractivity contribution < 1.29 is 18.7 Å². The first-order valence-electron chi connectivity index (χ1n) is 11.7. The van der Waals surface area contributed by atoms with Crippen molar-refractivity contribution in [1.29, 1.82) is 0 Å². The van der Waals surface area contributed by atoms with Crippen LogP contribution in [0.1, 0.15) is 54.0 Å². The molecule has 8 nitrogen and oxygen atoms in total. The van der Waals surface area contributed by atoms with E-state index in [2.05, 4.69) is 20.6 Å². The lowest BCUT2D eigenvalue weighted by atomic mass is 9.83. The molecule has 34 heavy (non-hydrogen) atoms. The summed E-state index contributed by atoms with van der Waals surface area (Å²) in [4.78, 5) is 34.1. The van der Waals surface area contributed by atoms with E-state index in [1.807, 2.05) is 25.1 Å². The van der Waals surface area contributed by atoms with Gasteiger partial charge in [-0.25, -0.2) is 4.98 Å². The van der Waals surface area contributed by atoms with Crippen LogP contribution in [0.3, 0.4) is 0 Å². The van der Waals surface area contributed by atoms with Gasteiger partial charge in [0.05, 0.1) is 11.9 Å². The quantitative estimate of drug-likeness (QED) is 0.523. The molecule has 3 heterocycles. The van der Waals surface area contributed by atoms with Crippen LogP contribution in [0.2, 0.25) is 0 Å². The van der Waals surface area contributed by atoms with Gasteiger partial charge in [0.2, 0.25) is 5.91 Å². The van der Waals surface area contributed by atoms with Gasteiger partial charge in [-0.05, 0) is 62.1 Å². The monoisotopic (exact) mass is 462 g/mol. The largest absolute Gasteiger partial charge is 0.486 e. The number of hydrogen-bond acceptors (Lipinski definition) is 6. The average Bonchev–Trinajstić information content (AvgIpc) is 3.37. The number of aromatic nitrogens is 2. The van der Waals surface area contributed by atoms with E-state index in [-0.39, 0.29) is 17.6 Å². The molecule has 2 amide bonds. The first-order valence-corrected chi connectivity index (χ1v) is 11.7. The average molecular weight is 463 g/mol. The van der Waals surface area contributed by atoms with Gasteiger partial charge in [-0.15, -0.1) is 0 Å². The second kappa shape index (κ2) is 11.0. The summed E-state index contributed by atoms with van der Waals surface area (Å²) in [6, 6.07) is 12.1. The van der Waals surface area contributed by atoms with Crippen LogP contribution in [0.25, 0.3) is 11.5 Å². The predicted molar refractivity (Wildman–Crippen MR) is 127 cm³/mol. The molecule has 0 aliphatic heterocycles. The maximum Gasteiger partial charge on any atom is 0.287 e. The van der Waals surface area contributed by atoms with Gasteiger partial charge in [-0.3, -0.25) is 14.6 Å². The Kier molecular flexibility index (Phi) is 7.57. The van der Waals surface area contributed by atoms with Gasteiger partial charge in [0, 0.05) is 12.7 Å². The molecule has 1 saturated carbocycles. The smallest absolute Gasteiger partial charge is 0.287 e. The summed E-state index contributed by atoms with van der Waals surface area (Å²) in [6.45, 7) is 2.29. The molecule has 4 rings (SSSR count). The fourth-order valence-corrected chi connectivity index (χ4v) is 4.28. The zero-order chi connectivity index (χ0) is 23.9. The Hall–Kier alpha value is -3.68. The van der Waals surface area contributed by atoms with Crippen LogP contribution in [-0.2, 0) is 11.4 Å². The molecule has 8 heteroatoms. The minimum absolute atomic E-state index is 0.135. The Labute approximate surface area is 199 Å². The number of nitrogens with one attached hydrogen (secondary N) is 2. The lowest BCUT2D eigenvalue weighted by Crippen LogP contribution is -2.50. The highest BCUT2D eigenvalue weighted by molar-refractivity contribution is 5.96. The minimum Gasteiger partial charge on any atom is -0.486 e. The molecule has 0 aromatic carbocycles. The third kappa shape index (κ3) is 5.81. The maximum absolute atomic E-state index is 12.8. The minimum atomic E-state index is -0.566. The number of rotatable bonds is 8. The Balaban J connectivity index is 1.38. The molecule has 178 valence electrons. The molecular formula is C26H30N4O4. The van der Waals surface area contributed by atoms with Crippen LogP contribution in [0, 0.1) is 12.8 Å². The molecule has 0 saturated heterocycles. The van der Waals surface area contributed by atoms with Gasteiger partial charge in [-0.1, -0.05) is 25.3 Å². The molecular weight excluding hydrogens is 432 g/mol. The maximum atomic E-state index is 12.8. The highest BCUT2D eigenvalue weighted by atomic mass is 16.5. The van der Waals surface area contributed by atoms with Crippen molar-refractivity contribution in [3.63, 3.8) is 0 Å². The zero-order valence-corrected chi connectivity index (χ0v) is 19.5. The molecule has 1 atom stereocenters. The molecule has 1 aliphatic carbocycles. The first-order chi connectivity index (χ1) is 16.5. The van der Waals surface area contributed by atoms with Gasteiger partial charge in [0.1, 0.15) is 24.1 Å². The number of likely N-dealkylation sites (N-methyl/N-ethyl adjacent to an activating group) is 1. The second-order valence-electron chi connectivity index (χ2n) is 8.57. The Morgan fingerprint density at radius 3 is 2.65 bits per heavy atom. The summed E-state index contributed by atoms with van der Waals surface area (Å²) in [5, 5.41) is 5.54. The van der Waals surface area contributed by atoms with E-state index in [0.29, 0.717) is 23.8 Å². The van der Waals surface area contributed by atoms with Crippen molar-refractivity contribution in [2.24, 2.45) is 5.92 Å². The number of nitrogens with zero attached hydrogens (tertiary/aromatic N) is 2. The van der Waals surface area contributed by atoms with Crippen LogP contribution in [0.15, 0.2) is 53.1 Å². The molecule has 0 radical (unpaired) electrons. The summed E-state index contributed by atoms with van der Waals surface area (Å²) >= 11 is 0. The van der Waals surface area contributed by atoms with E-state index < -0.39 is 11.9 Å². The fourth-order valence-electron chi connectivity index (χ4n) is 4.28. The molecule has 3 aromatic rings. The second-order valence-corrected chi connectivity index (χ2v) is 8.57. The lowest BCUT2D eigenvalue weighted by Gasteiger charge is -2.29. The van der Waals surface area contributed by atoms with E-state index in [1.54, 1.807) is 37.5 Å². The van der Waals surface area contributed by atoms with Crippen molar-refractivity contribution >= 4 is 11.8 Å². The van der Waals surface area contributed by atoms with Crippen molar-refractivity contribution in [2.45, 2.75) is 51.7 Å². The summed E-state index contributed by atoms with van der Waals surface area (Å²) in [5.41, 5.74) is 2.36. The summed E-state index contributed by atoms with van der Waals surface area (Å²) in [6.07, 6.45) is 6.79. The van der Waals surface area contributed by atoms with E-state index >= 15 is 0 Å². The zero-order valence-electron chi connectivity index (χ0n) is 19.5. The summed E-state index contributed by atoms with van der Waals surface area (Å²) in [5.74, 6) is 0.772. The molecule has 3 aromatic heterocycles. The fraction of sp³-hybridized carbons (Fsp3) is 0.385. The number of pyridine rings is 2. The van der Waals surface area contributed by atoms with Crippen molar-refractivity contribution in [3.8, 4) is 17.2 Å². The molecule has 1 fully saturated rings. The number of aryl methyl sites for hydroxylation is 1. The van der Waals surface area contributed by atoms with Crippen LogP contribution < -0.4 is 15.4 Å². The van der Waals surface area contributed by atoms with E-state index in [4.69, 9.17) is 9.15 Å². The Morgan fingerprint density at radius 1 is 1.12 bits per heavy atom. The number of ether oxygens (including phenoxy) is 1. The Morgan fingerprint density at radius 2 is 1.94 bits per heavy atom. The summed E-state index contributed by atoms with van der Waals surface area (Å²) in [7, 11) is 1.59. The third-order valence-electron chi connectivity index (χ3n) is 6.09. The molecule has 1 aliphatic rings. The number of carbonyl (C=O) groups is 2. The highest BCUT2D eigenvalue weighted by Gasteiger charge is 2.31. The first kappa shape index (κ1) is 23.5. The molecule has 0 spiro atoms. The number of amides is 2. The topological polar surface area (TPSA) is 106 Å². The van der Waals surface area contributed by atoms with Gasteiger partial charge >= 0.3 is 0 Å². The molecule has 2 N–H and O–H groups in total. The van der Waals surface area contributed by atoms with Crippen molar-refractivity contribution in [3.05, 3.63) is 65.8 Å². The number of hydrogen-bond donors (Lipinski definition) is 2. The van der Waals surface area contributed by atoms with Gasteiger partial charge < -0.3 is 19.8 Å². The van der Waals surface area contributed by atoms with Gasteiger partial charge in [0.25, 0.3) is 5.91 Å². The number of carbonyl (C=O) groups excluding carboxylic acids is 2. The van der Waals surface area contributed by atoms with E-state index in [1.165, 1.54) is 6.42 Å². The van der Waals surface area contributed by atoms with Crippen LogP contribution in [-0.4, -0.2) is 34.9 Å². The van der Waals surface area contributed by atoms with Gasteiger partial charge in [-0.2, -0.15) is 0 Å². The summed E-state index contributed by atoms with van der Waals surface area (Å²) < 4.78 is 11.5. The van der Waals surface area contributed by atoms with Crippen molar-refractivity contribution in [1.82, 2.24) is 20.6 Å². The van der Waals surface area contributed by atoms with Crippen LogP contribution in [0.4, 0.5) is 0 Å². The molecule has 0 bridgehead atoms.